The van der Waals surface area contributed by atoms with Crippen molar-refractivity contribution in [1.82, 2.24) is 25.7 Å². The molecule has 31 heavy (non-hydrogen) atoms. The van der Waals surface area contributed by atoms with E-state index in [0.29, 0.717) is 23.7 Å². The van der Waals surface area contributed by atoms with Crippen LogP contribution in [0.25, 0.3) is 21.5 Å². The van der Waals surface area contributed by atoms with Gasteiger partial charge in [0.2, 0.25) is 5.13 Å². The average Bonchev–Trinajstić information content (AvgIpc) is 3.37. The van der Waals surface area contributed by atoms with E-state index in [4.69, 9.17) is 0 Å². The number of aryl methyl sites for hydroxylation is 1. The minimum atomic E-state index is -4.34. The van der Waals surface area contributed by atoms with Gasteiger partial charge in [-0.1, -0.05) is 29.5 Å². The van der Waals surface area contributed by atoms with E-state index in [-0.39, 0.29) is 6.04 Å². The summed E-state index contributed by atoms with van der Waals surface area (Å²) in [6.07, 6.45) is -3.89. The van der Waals surface area contributed by atoms with E-state index in [0.717, 1.165) is 33.2 Å². The Morgan fingerprint density at radius 2 is 1.97 bits per heavy atom. The molecule has 0 fully saturated rings. The largest absolute Gasteiger partial charge is 0.416 e. The van der Waals surface area contributed by atoms with Crippen LogP contribution in [0.4, 0.5) is 18.3 Å². The first kappa shape index (κ1) is 21.3. The van der Waals surface area contributed by atoms with Crippen molar-refractivity contribution in [1.29, 1.82) is 0 Å². The van der Waals surface area contributed by atoms with Crippen LogP contribution in [0, 0.1) is 6.92 Å². The Kier molecular flexibility index (Phi) is 5.92. The number of aromatic nitrogens is 4. The molecule has 0 saturated carbocycles. The molecule has 162 valence electrons. The van der Waals surface area contributed by atoms with E-state index in [9.17, 15) is 13.2 Å². The number of aromatic amines is 1. The molecule has 3 N–H and O–H groups in total. The second kappa shape index (κ2) is 8.64. The van der Waals surface area contributed by atoms with Crippen LogP contribution >= 0.6 is 11.3 Å². The van der Waals surface area contributed by atoms with Crippen molar-refractivity contribution in [2.24, 2.45) is 0 Å². The number of hydrogen-bond acceptors (Lipinski definition) is 6. The zero-order chi connectivity index (χ0) is 22.0. The molecular weight excluding hydrogens is 425 g/mol. The van der Waals surface area contributed by atoms with Crippen LogP contribution in [0.3, 0.4) is 0 Å². The summed E-state index contributed by atoms with van der Waals surface area (Å²) in [5, 5.41) is 24.5. The highest BCUT2D eigenvalue weighted by molar-refractivity contribution is 7.18. The van der Waals surface area contributed by atoms with E-state index >= 15 is 0 Å². The molecule has 0 bridgehead atoms. The molecule has 4 rings (SSSR count). The summed E-state index contributed by atoms with van der Waals surface area (Å²) in [7, 11) is 1.79. The highest BCUT2D eigenvalue weighted by atomic mass is 32.1. The van der Waals surface area contributed by atoms with Gasteiger partial charge in [0.1, 0.15) is 5.01 Å². The molecule has 0 saturated heterocycles. The molecule has 1 atom stereocenters. The molecule has 0 amide bonds. The number of likely N-dealkylation sites (N-methyl/N-ethyl adjacent to an activating group) is 1. The summed E-state index contributed by atoms with van der Waals surface area (Å²) in [4.78, 5) is 0. The fraction of sp³-hybridized carbons (Fsp3) is 0.286. The number of H-pyrrole nitrogens is 1. The number of rotatable bonds is 7. The molecule has 0 radical (unpaired) electrons. The fourth-order valence-corrected chi connectivity index (χ4v) is 4.08. The summed E-state index contributed by atoms with van der Waals surface area (Å²) >= 11 is 1.43. The predicted molar refractivity (Wildman–Crippen MR) is 116 cm³/mol. The molecule has 2 aromatic carbocycles. The van der Waals surface area contributed by atoms with Gasteiger partial charge in [0.05, 0.1) is 16.8 Å². The molecule has 0 spiro atoms. The molecule has 0 aliphatic carbocycles. The topological polar surface area (TPSA) is 78.5 Å². The molecule has 0 aliphatic rings. The quantitative estimate of drug-likeness (QED) is 0.385. The summed E-state index contributed by atoms with van der Waals surface area (Å²) in [5.41, 5.74) is 2.84. The van der Waals surface area contributed by atoms with Crippen LogP contribution < -0.4 is 10.6 Å². The Bertz CT molecular complexity index is 1180. The normalized spacial score (nSPS) is 12.9. The smallest absolute Gasteiger partial charge is 0.358 e. The monoisotopic (exact) mass is 446 g/mol. The average molecular weight is 447 g/mol. The number of nitrogens with one attached hydrogen (secondary N) is 3. The number of fused-ring (bicyclic) bond motifs is 1. The second-order valence-electron chi connectivity index (χ2n) is 7.25. The van der Waals surface area contributed by atoms with Crippen LogP contribution in [-0.2, 0) is 12.6 Å². The Morgan fingerprint density at radius 1 is 1.13 bits per heavy atom. The van der Waals surface area contributed by atoms with Crippen LogP contribution in [0.15, 0.2) is 42.5 Å². The number of halogens is 3. The summed E-state index contributed by atoms with van der Waals surface area (Å²) in [6.45, 7) is 2.44. The van der Waals surface area contributed by atoms with E-state index < -0.39 is 11.7 Å². The van der Waals surface area contributed by atoms with Gasteiger partial charge in [0.25, 0.3) is 0 Å². The molecule has 4 aromatic rings. The van der Waals surface area contributed by atoms with Crippen molar-refractivity contribution in [3.05, 3.63) is 59.3 Å². The third-order valence-electron chi connectivity index (χ3n) is 5.07. The maximum absolute atomic E-state index is 12.9. The van der Waals surface area contributed by atoms with Crippen molar-refractivity contribution in [3.63, 3.8) is 0 Å². The van der Waals surface area contributed by atoms with Gasteiger partial charge in [-0.2, -0.15) is 18.3 Å². The zero-order valence-electron chi connectivity index (χ0n) is 16.9. The van der Waals surface area contributed by atoms with Gasteiger partial charge in [-0.05, 0) is 50.2 Å². The fourth-order valence-electron chi connectivity index (χ4n) is 3.34. The predicted octanol–water partition coefficient (Wildman–Crippen LogP) is 4.65. The number of anilines is 1. The Hall–Kier alpha value is -2.98. The maximum Gasteiger partial charge on any atom is 0.416 e. The maximum atomic E-state index is 12.9. The van der Waals surface area contributed by atoms with Crippen molar-refractivity contribution in [2.75, 3.05) is 18.9 Å². The number of benzene rings is 2. The number of nitrogens with zero attached hydrogens (tertiary/aromatic N) is 3. The zero-order valence-corrected chi connectivity index (χ0v) is 17.7. The number of hydrogen-bond donors (Lipinski definition) is 3. The third-order valence-corrected chi connectivity index (χ3v) is 6.00. The molecule has 10 heteroatoms. The summed E-state index contributed by atoms with van der Waals surface area (Å²) < 4.78 is 38.8. The van der Waals surface area contributed by atoms with Gasteiger partial charge < -0.3 is 10.6 Å². The Balaban J connectivity index is 1.41. The van der Waals surface area contributed by atoms with E-state index in [2.05, 4.69) is 31.0 Å². The third kappa shape index (κ3) is 4.86. The Morgan fingerprint density at radius 3 is 2.74 bits per heavy atom. The highest BCUT2D eigenvalue weighted by Crippen LogP contribution is 2.31. The van der Waals surface area contributed by atoms with Crippen molar-refractivity contribution in [3.8, 4) is 10.6 Å². The van der Waals surface area contributed by atoms with Crippen molar-refractivity contribution >= 4 is 27.4 Å². The molecular formula is C21H21F3N6S. The lowest BCUT2D eigenvalue weighted by Gasteiger charge is -2.17. The van der Waals surface area contributed by atoms with Gasteiger partial charge in [0, 0.05) is 23.5 Å². The second-order valence-corrected chi connectivity index (χ2v) is 8.23. The van der Waals surface area contributed by atoms with E-state index in [1.54, 1.807) is 13.1 Å². The van der Waals surface area contributed by atoms with Gasteiger partial charge in [-0.25, -0.2) is 0 Å². The van der Waals surface area contributed by atoms with E-state index in [1.165, 1.54) is 23.5 Å². The van der Waals surface area contributed by atoms with Crippen LogP contribution in [-0.4, -0.2) is 40.0 Å². The first-order chi connectivity index (χ1) is 14.8. The first-order valence-electron chi connectivity index (χ1n) is 9.69. The first-order valence-corrected chi connectivity index (χ1v) is 10.5. The molecule has 0 unspecified atom stereocenters. The van der Waals surface area contributed by atoms with Gasteiger partial charge in [-0.3, -0.25) is 5.10 Å². The molecule has 2 heterocycles. The summed E-state index contributed by atoms with van der Waals surface area (Å²) in [5.74, 6) is 0. The lowest BCUT2D eigenvalue weighted by atomic mass is 10.0. The number of alkyl halides is 3. The SMILES string of the molecule is CN[C@H](CNc1nnc(-c2ccc3[nH]nc(C)c3c2)s1)Cc1cccc(C(F)(F)F)c1. The minimum absolute atomic E-state index is 0.0687. The lowest BCUT2D eigenvalue weighted by Crippen LogP contribution is -2.34. The van der Waals surface area contributed by atoms with Gasteiger partial charge in [0.15, 0.2) is 0 Å². The van der Waals surface area contributed by atoms with Crippen LogP contribution in [0.2, 0.25) is 0 Å². The van der Waals surface area contributed by atoms with Crippen molar-refractivity contribution in [2.45, 2.75) is 25.6 Å². The molecule has 2 aromatic heterocycles. The molecule has 6 nitrogen and oxygen atoms in total. The minimum Gasteiger partial charge on any atom is -0.358 e. The summed E-state index contributed by atoms with van der Waals surface area (Å²) in [6, 6.07) is 11.3. The Labute approximate surface area is 180 Å². The standard InChI is InChI=1S/C21H21F3N6S/c1-12-17-10-14(6-7-18(17)28-27-12)19-29-30-20(31-19)26-11-16(25-2)9-13-4-3-5-15(8-13)21(22,23)24/h3-8,10,16,25H,9,11H2,1-2H3,(H,26,30)(H,27,28)/t16-/m0/s1. The van der Waals surface area contributed by atoms with Crippen molar-refractivity contribution < 1.29 is 13.2 Å². The molecule has 0 aliphatic heterocycles. The van der Waals surface area contributed by atoms with Crippen LogP contribution in [0.5, 0.6) is 0 Å². The van der Waals surface area contributed by atoms with Gasteiger partial charge in [-0.15, -0.1) is 10.2 Å². The van der Waals surface area contributed by atoms with E-state index in [1.807, 2.05) is 25.1 Å². The van der Waals surface area contributed by atoms with Crippen LogP contribution in [0.1, 0.15) is 16.8 Å². The van der Waals surface area contributed by atoms with Gasteiger partial charge >= 0.3 is 6.18 Å². The lowest BCUT2D eigenvalue weighted by molar-refractivity contribution is -0.137. The highest BCUT2D eigenvalue weighted by Gasteiger charge is 2.30.